The van der Waals surface area contributed by atoms with Gasteiger partial charge >= 0.3 is 11.5 Å². The highest BCUT2D eigenvalue weighted by Crippen LogP contribution is 2.35. The summed E-state index contributed by atoms with van der Waals surface area (Å²) >= 11 is 5.91. The van der Waals surface area contributed by atoms with Crippen molar-refractivity contribution in [3.63, 3.8) is 0 Å². The number of amides is 4. The fraction of sp³-hybridized carbons (Fsp3) is 0.231. The average molecular weight is 595 g/mol. The largest absolute Gasteiger partial charge is 0.501 e. The summed E-state index contributed by atoms with van der Waals surface area (Å²) in [4.78, 5) is 46.1. The van der Waals surface area contributed by atoms with Crippen molar-refractivity contribution < 1.29 is 36.0 Å². The van der Waals surface area contributed by atoms with Gasteiger partial charge in [0.2, 0.25) is 0 Å². The highest BCUT2D eigenvalue weighted by molar-refractivity contribution is 7.92. The third-order valence-electron chi connectivity index (χ3n) is 6.44. The summed E-state index contributed by atoms with van der Waals surface area (Å²) in [5.74, 6) is -1.10. The molecular formula is C26H22ClF3N4O5S. The highest BCUT2D eigenvalue weighted by Gasteiger charge is 2.52. The molecule has 0 unspecified atom stereocenters. The van der Waals surface area contributed by atoms with E-state index in [1.807, 2.05) is 0 Å². The Balaban J connectivity index is 1.58. The molecule has 0 radical (unpaired) electrons. The van der Waals surface area contributed by atoms with E-state index >= 15 is 0 Å². The predicted molar refractivity (Wildman–Crippen MR) is 141 cm³/mol. The maximum atomic E-state index is 13.3. The standard InChI is InChI=1S/C26H22ClF3N4O5S/c1-25(2)23(36)34(19-8-10-20(11-9-19)40(38,39)26(28,29)30)24(37)33(25)15-16-12-13-31-21(14-16)22(35)32(3)18-6-4-17(27)5-7-18/h4-14H,15H2,1-3H3. The second-order valence-electron chi connectivity index (χ2n) is 9.40. The van der Waals surface area contributed by atoms with E-state index in [0.29, 0.717) is 28.4 Å². The SMILES string of the molecule is CN(C(=O)c1cc(CN2C(=O)N(c3ccc(S(=O)(=O)C(F)(F)F)cc3)C(=O)C2(C)C)ccn1)c1ccc(Cl)cc1. The lowest BCUT2D eigenvalue weighted by Gasteiger charge is -2.27. The number of halogens is 4. The Morgan fingerprint density at radius 2 is 1.62 bits per heavy atom. The van der Waals surface area contributed by atoms with Crippen molar-refractivity contribution in [3.05, 3.63) is 83.1 Å². The molecule has 4 amide bonds. The zero-order chi connectivity index (χ0) is 29.6. The van der Waals surface area contributed by atoms with Gasteiger partial charge in [-0.1, -0.05) is 11.6 Å². The van der Waals surface area contributed by atoms with Crippen LogP contribution in [0.4, 0.5) is 29.3 Å². The number of carbonyl (C=O) groups excluding carboxylic acids is 3. The number of urea groups is 1. The molecule has 9 nitrogen and oxygen atoms in total. The summed E-state index contributed by atoms with van der Waals surface area (Å²) < 4.78 is 62.0. The topological polar surface area (TPSA) is 108 Å². The number of imide groups is 1. The second kappa shape index (κ2) is 10.2. The molecule has 40 heavy (non-hydrogen) atoms. The van der Waals surface area contributed by atoms with Crippen molar-refractivity contribution in [1.29, 1.82) is 0 Å². The van der Waals surface area contributed by atoms with Crippen LogP contribution in [0.5, 0.6) is 0 Å². The van der Waals surface area contributed by atoms with Crippen LogP contribution in [-0.2, 0) is 21.2 Å². The van der Waals surface area contributed by atoms with Crippen LogP contribution in [0.3, 0.4) is 0 Å². The maximum absolute atomic E-state index is 13.3. The monoisotopic (exact) mass is 594 g/mol. The van der Waals surface area contributed by atoms with Gasteiger partial charge in [0.25, 0.3) is 21.7 Å². The Hall–Kier alpha value is -3.97. The molecule has 0 spiro atoms. The van der Waals surface area contributed by atoms with Gasteiger partial charge in [-0.3, -0.25) is 14.6 Å². The second-order valence-corrected chi connectivity index (χ2v) is 11.8. The highest BCUT2D eigenvalue weighted by atomic mass is 35.5. The molecule has 1 aromatic heterocycles. The number of hydrogen-bond acceptors (Lipinski definition) is 6. The van der Waals surface area contributed by atoms with Crippen LogP contribution in [0, 0.1) is 0 Å². The Kier molecular flexibility index (Phi) is 7.41. The van der Waals surface area contributed by atoms with Gasteiger partial charge in [-0.05, 0) is 80.1 Å². The van der Waals surface area contributed by atoms with Crippen molar-refractivity contribution in [2.75, 3.05) is 16.8 Å². The molecule has 0 aliphatic carbocycles. The van der Waals surface area contributed by atoms with Crippen LogP contribution in [0.25, 0.3) is 0 Å². The van der Waals surface area contributed by atoms with Crippen molar-refractivity contribution in [3.8, 4) is 0 Å². The van der Waals surface area contributed by atoms with Crippen LogP contribution in [-0.4, -0.2) is 54.2 Å². The Labute approximate surface area is 232 Å². The van der Waals surface area contributed by atoms with Crippen molar-refractivity contribution in [2.45, 2.75) is 36.3 Å². The molecule has 4 rings (SSSR count). The van der Waals surface area contributed by atoms with E-state index in [2.05, 4.69) is 4.98 Å². The first kappa shape index (κ1) is 29.0. The lowest BCUT2D eigenvalue weighted by atomic mass is 10.0. The summed E-state index contributed by atoms with van der Waals surface area (Å²) in [5.41, 5.74) is -5.81. The number of pyridine rings is 1. The molecule has 1 aliphatic rings. The molecule has 0 bridgehead atoms. The van der Waals surface area contributed by atoms with Gasteiger partial charge in [-0.25, -0.2) is 18.1 Å². The number of benzene rings is 2. The van der Waals surface area contributed by atoms with Gasteiger partial charge < -0.3 is 9.80 Å². The Morgan fingerprint density at radius 3 is 2.20 bits per heavy atom. The Bertz CT molecular complexity index is 1590. The Morgan fingerprint density at radius 1 is 1.02 bits per heavy atom. The van der Waals surface area contributed by atoms with E-state index in [1.165, 1.54) is 35.9 Å². The van der Waals surface area contributed by atoms with Gasteiger partial charge in [0.05, 0.1) is 10.6 Å². The van der Waals surface area contributed by atoms with Gasteiger partial charge in [0, 0.05) is 30.5 Å². The fourth-order valence-corrected chi connectivity index (χ4v) is 4.95. The normalized spacial score (nSPS) is 15.5. The smallest absolute Gasteiger partial charge is 0.310 e. The molecule has 1 aliphatic heterocycles. The predicted octanol–water partition coefficient (Wildman–Crippen LogP) is 5.05. The maximum Gasteiger partial charge on any atom is 0.501 e. The molecule has 14 heteroatoms. The van der Waals surface area contributed by atoms with Crippen LogP contribution in [0.1, 0.15) is 29.9 Å². The molecule has 0 atom stereocenters. The van der Waals surface area contributed by atoms with Gasteiger partial charge in [-0.15, -0.1) is 0 Å². The first-order valence-electron chi connectivity index (χ1n) is 11.6. The van der Waals surface area contributed by atoms with E-state index in [1.54, 1.807) is 37.4 Å². The first-order chi connectivity index (χ1) is 18.6. The van der Waals surface area contributed by atoms with Crippen molar-refractivity contribution in [2.24, 2.45) is 0 Å². The molecular weight excluding hydrogens is 573 g/mol. The summed E-state index contributed by atoms with van der Waals surface area (Å²) in [6.07, 6.45) is 1.39. The lowest BCUT2D eigenvalue weighted by Crippen LogP contribution is -2.43. The number of sulfone groups is 1. The quantitative estimate of drug-likeness (QED) is 0.370. The number of carbonyl (C=O) groups is 3. The summed E-state index contributed by atoms with van der Waals surface area (Å²) in [5, 5.41) is 0.508. The fourth-order valence-electron chi connectivity index (χ4n) is 4.06. The van der Waals surface area contributed by atoms with Gasteiger partial charge in [0.1, 0.15) is 11.2 Å². The minimum atomic E-state index is -5.60. The number of nitrogens with zero attached hydrogens (tertiary/aromatic N) is 4. The third kappa shape index (κ3) is 5.13. The zero-order valence-corrected chi connectivity index (χ0v) is 22.9. The van der Waals surface area contributed by atoms with Crippen LogP contribution < -0.4 is 9.80 Å². The van der Waals surface area contributed by atoms with E-state index in [4.69, 9.17) is 11.6 Å². The number of alkyl halides is 3. The molecule has 0 N–H and O–H groups in total. The average Bonchev–Trinajstić information content (AvgIpc) is 3.07. The van der Waals surface area contributed by atoms with Gasteiger partial charge in [-0.2, -0.15) is 13.2 Å². The molecule has 2 heterocycles. The van der Waals surface area contributed by atoms with E-state index in [-0.39, 0.29) is 17.9 Å². The summed E-state index contributed by atoms with van der Waals surface area (Å²) in [6.45, 7) is 2.90. The van der Waals surface area contributed by atoms with Crippen molar-refractivity contribution >= 4 is 50.7 Å². The van der Waals surface area contributed by atoms with E-state index in [9.17, 15) is 36.0 Å². The molecule has 0 saturated carbocycles. The third-order valence-corrected chi connectivity index (χ3v) is 8.19. The van der Waals surface area contributed by atoms with Crippen molar-refractivity contribution in [1.82, 2.24) is 9.88 Å². The van der Waals surface area contributed by atoms with Crippen LogP contribution in [0.2, 0.25) is 5.02 Å². The minimum absolute atomic E-state index is 0.0871. The van der Waals surface area contributed by atoms with E-state index in [0.717, 1.165) is 17.0 Å². The molecule has 1 saturated heterocycles. The van der Waals surface area contributed by atoms with Crippen LogP contribution in [0.15, 0.2) is 71.8 Å². The number of rotatable bonds is 6. The number of anilines is 2. The van der Waals surface area contributed by atoms with Crippen LogP contribution >= 0.6 is 11.6 Å². The zero-order valence-electron chi connectivity index (χ0n) is 21.3. The first-order valence-corrected chi connectivity index (χ1v) is 13.5. The molecule has 1 fully saturated rings. The molecule has 210 valence electrons. The van der Waals surface area contributed by atoms with E-state index < -0.39 is 43.6 Å². The number of hydrogen-bond donors (Lipinski definition) is 0. The molecule has 2 aromatic carbocycles. The summed E-state index contributed by atoms with van der Waals surface area (Å²) in [6, 6.07) is 12.2. The van der Waals surface area contributed by atoms with Gasteiger partial charge in [0.15, 0.2) is 0 Å². The number of aromatic nitrogens is 1. The minimum Gasteiger partial charge on any atom is -0.310 e. The molecule has 3 aromatic rings. The summed E-state index contributed by atoms with van der Waals surface area (Å²) in [7, 11) is -4.03. The lowest BCUT2D eigenvalue weighted by molar-refractivity contribution is -0.123.